The molecule has 0 unspecified atom stereocenters. The third kappa shape index (κ3) is 4.66. The molecular formula is C20H25N3O3S. The SMILES string of the molecule is Cc1cc(C)c(CNc2ccc(C(=O)N3CCS(=O)(=O)CC3)cn2)c(C)c1. The molecule has 0 radical (unpaired) electrons. The summed E-state index contributed by atoms with van der Waals surface area (Å²) in [6.45, 7) is 7.45. The van der Waals surface area contributed by atoms with Crippen molar-refractivity contribution < 1.29 is 13.2 Å². The Balaban J connectivity index is 1.63. The Kier molecular flexibility index (Phi) is 5.51. The van der Waals surface area contributed by atoms with Crippen molar-refractivity contribution in [3.63, 3.8) is 0 Å². The fraction of sp³-hybridized carbons (Fsp3) is 0.400. The van der Waals surface area contributed by atoms with E-state index >= 15 is 0 Å². The second kappa shape index (κ2) is 7.68. The van der Waals surface area contributed by atoms with Crippen LogP contribution in [0.2, 0.25) is 0 Å². The summed E-state index contributed by atoms with van der Waals surface area (Å²) in [5, 5.41) is 3.30. The van der Waals surface area contributed by atoms with Gasteiger partial charge in [0, 0.05) is 25.8 Å². The Bertz CT molecular complexity index is 916. The fourth-order valence-corrected chi connectivity index (χ4v) is 4.59. The summed E-state index contributed by atoms with van der Waals surface area (Å²) in [6.07, 6.45) is 1.54. The Morgan fingerprint density at radius 2 is 1.74 bits per heavy atom. The van der Waals surface area contributed by atoms with Gasteiger partial charge in [0.1, 0.15) is 5.82 Å². The number of benzene rings is 1. The zero-order valence-electron chi connectivity index (χ0n) is 15.9. The lowest BCUT2D eigenvalue weighted by Gasteiger charge is -2.26. The van der Waals surface area contributed by atoms with Gasteiger partial charge in [-0.15, -0.1) is 0 Å². The molecule has 6 nitrogen and oxygen atoms in total. The number of carbonyl (C=O) groups is 1. The monoisotopic (exact) mass is 387 g/mol. The van der Waals surface area contributed by atoms with Crippen molar-refractivity contribution in [3.05, 3.63) is 58.3 Å². The fourth-order valence-electron chi connectivity index (χ4n) is 3.39. The number of sulfone groups is 1. The summed E-state index contributed by atoms with van der Waals surface area (Å²) >= 11 is 0. The summed E-state index contributed by atoms with van der Waals surface area (Å²) in [4.78, 5) is 18.4. The van der Waals surface area contributed by atoms with Gasteiger partial charge in [0.2, 0.25) is 0 Å². The molecule has 1 N–H and O–H groups in total. The first-order chi connectivity index (χ1) is 12.7. The van der Waals surface area contributed by atoms with Crippen LogP contribution in [-0.4, -0.2) is 48.8 Å². The quantitative estimate of drug-likeness (QED) is 0.872. The van der Waals surface area contributed by atoms with Gasteiger partial charge in [-0.25, -0.2) is 13.4 Å². The molecular weight excluding hydrogens is 362 g/mol. The minimum absolute atomic E-state index is 0.0288. The van der Waals surface area contributed by atoms with E-state index in [1.165, 1.54) is 22.3 Å². The first-order valence-corrected chi connectivity index (χ1v) is 10.8. The van der Waals surface area contributed by atoms with Gasteiger partial charge in [0.15, 0.2) is 9.84 Å². The van der Waals surface area contributed by atoms with Crippen LogP contribution in [0.25, 0.3) is 0 Å². The van der Waals surface area contributed by atoms with E-state index in [0.29, 0.717) is 17.9 Å². The molecule has 7 heteroatoms. The van der Waals surface area contributed by atoms with Gasteiger partial charge in [0.05, 0.1) is 17.1 Å². The van der Waals surface area contributed by atoms with Gasteiger partial charge < -0.3 is 10.2 Å². The van der Waals surface area contributed by atoms with Crippen LogP contribution in [0.4, 0.5) is 5.82 Å². The summed E-state index contributed by atoms with van der Waals surface area (Å²) in [5.41, 5.74) is 5.46. The number of aromatic nitrogens is 1. The van der Waals surface area contributed by atoms with E-state index in [1.807, 2.05) is 0 Å². The van der Waals surface area contributed by atoms with Crippen molar-refractivity contribution in [1.82, 2.24) is 9.88 Å². The van der Waals surface area contributed by atoms with Crippen molar-refractivity contribution in [2.75, 3.05) is 29.9 Å². The maximum absolute atomic E-state index is 12.5. The van der Waals surface area contributed by atoms with E-state index in [-0.39, 0.29) is 30.5 Å². The highest BCUT2D eigenvalue weighted by Gasteiger charge is 2.25. The first-order valence-electron chi connectivity index (χ1n) is 9.01. The van der Waals surface area contributed by atoms with Crippen molar-refractivity contribution >= 4 is 21.6 Å². The van der Waals surface area contributed by atoms with Crippen LogP contribution in [0.15, 0.2) is 30.5 Å². The minimum atomic E-state index is -3.00. The number of pyridine rings is 1. The van der Waals surface area contributed by atoms with Crippen LogP contribution in [0.3, 0.4) is 0 Å². The van der Waals surface area contributed by atoms with Crippen LogP contribution in [-0.2, 0) is 16.4 Å². The van der Waals surface area contributed by atoms with E-state index in [2.05, 4.69) is 43.2 Å². The highest BCUT2D eigenvalue weighted by atomic mass is 32.2. The largest absolute Gasteiger partial charge is 0.366 e. The molecule has 27 heavy (non-hydrogen) atoms. The van der Waals surface area contributed by atoms with E-state index in [9.17, 15) is 13.2 Å². The molecule has 0 bridgehead atoms. The molecule has 3 rings (SSSR count). The molecule has 1 aliphatic rings. The van der Waals surface area contributed by atoms with Crippen LogP contribution < -0.4 is 5.32 Å². The van der Waals surface area contributed by atoms with Crippen molar-refractivity contribution in [1.29, 1.82) is 0 Å². The van der Waals surface area contributed by atoms with E-state index in [1.54, 1.807) is 23.2 Å². The average Bonchev–Trinajstić information content (AvgIpc) is 2.61. The Morgan fingerprint density at radius 3 is 2.30 bits per heavy atom. The molecule has 2 heterocycles. The van der Waals surface area contributed by atoms with Crippen LogP contribution >= 0.6 is 0 Å². The molecule has 0 spiro atoms. The number of nitrogens with zero attached hydrogens (tertiary/aromatic N) is 2. The summed E-state index contributed by atoms with van der Waals surface area (Å²) < 4.78 is 23.0. The molecule has 144 valence electrons. The molecule has 2 aromatic rings. The van der Waals surface area contributed by atoms with Crippen LogP contribution in [0.5, 0.6) is 0 Å². The highest BCUT2D eigenvalue weighted by Crippen LogP contribution is 2.18. The Hall–Kier alpha value is -2.41. The van der Waals surface area contributed by atoms with E-state index < -0.39 is 9.84 Å². The Labute approximate surface area is 160 Å². The minimum Gasteiger partial charge on any atom is -0.366 e. The average molecular weight is 388 g/mol. The van der Waals surface area contributed by atoms with Crippen molar-refractivity contribution in [2.45, 2.75) is 27.3 Å². The second-order valence-electron chi connectivity index (χ2n) is 7.11. The first kappa shape index (κ1) is 19.4. The van der Waals surface area contributed by atoms with Crippen LogP contribution in [0, 0.1) is 20.8 Å². The smallest absolute Gasteiger partial charge is 0.255 e. The number of nitrogens with one attached hydrogen (secondary N) is 1. The normalized spacial score (nSPS) is 16.2. The Morgan fingerprint density at radius 1 is 1.11 bits per heavy atom. The van der Waals surface area contributed by atoms with Crippen molar-refractivity contribution in [2.24, 2.45) is 0 Å². The maximum atomic E-state index is 12.5. The zero-order valence-corrected chi connectivity index (χ0v) is 16.8. The predicted octanol–water partition coefficient (Wildman–Crippen LogP) is 2.49. The lowest BCUT2D eigenvalue weighted by atomic mass is 10.00. The van der Waals surface area contributed by atoms with Gasteiger partial charge in [-0.2, -0.15) is 0 Å². The molecule has 1 aromatic carbocycles. The highest BCUT2D eigenvalue weighted by molar-refractivity contribution is 7.91. The number of rotatable bonds is 4. The van der Waals surface area contributed by atoms with Crippen LogP contribution in [0.1, 0.15) is 32.6 Å². The molecule has 1 aromatic heterocycles. The molecule has 1 amide bonds. The summed E-state index contributed by atoms with van der Waals surface area (Å²) in [7, 11) is -3.00. The number of aryl methyl sites for hydroxylation is 3. The third-order valence-electron chi connectivity index (χ3n) is 4.93. The van der Waals surface area contributed by atoms with Gasteiger partial charge in [-0.3, -0.25) is 4.79 Å². The molecule has 1 aliphatic heterocycles. The standard InChI is InChI=1S/C20H25N3O3S/c1-14-10-15(2)18(16(3)11-14)13-22-19-5-4-17(12-21-19)20(24)23-6-8-27(25,26)9-7-23/h4-5,10-12H,6-9,13H2,1-3H3,(H,21,22). The molecule has 0 atom stereocenters. The molecule has 1 saturated heterocycles. The maximum Gasteiger partial charge on any atom is 0.255 e. The molecule has 0 aliphatic carbocycles. The van der Waals surface area contributed by atoms with Crippen molar-refractivity contribution in [3.8, 4) is 0 Å². The van der Waals surface area contributed by atoms with Gasteiger partial charge in [0.25, 0.3) is 5.91 Å². The lowest BCUT2D eigenvalue weighted by molar-refractivity contribution is 0.0770. The topological polar surface area (TPSA) is 79.4 Å². The number of amides is 1. The number of anilines is 1. The van der Waals surface area contributed by atoms with Gasteiger partial charge in [-0.05, 0) is 49.6 Å². The number of carbonyl (C=O) groups excluding carboxylic acids is 1. The number of hydrogen-bond donors (Lipinski definition) is 1. The lowest BCUT2D eigenvalue weighted by Crippen LogP contribution is -2.43. The molecule has 1 fully saturated rings. The number of hydrogen-bond acceptors (Lipinski definition) is 5. The predicted molar refractivity (Wildman–Crippen MR) is 107 cm³/mol. The van der Waals surface area contributed by atoms with Gasteiger partial charge >= 0.3 is 0 Å². The third-order valence-corrected chi connectivity index (χ3v) is 6.54. The van der Waals surface area contributed by atoms with E-state index in [4.69, 9.17) is 0 Å². The molecule has 0 saturated carbocycles. The van der Waals surface area contributed by atoms with Gasteiger partial charge in [-0.1, -0.05) is 17.7 Å². The summed E-state index contributed by atoms with van der Waals surface area (Å²) in [5.74, 6) is 0.587. The zero-order chi connectivity index (χ0) is 19.6. The van der Waals surface area contributed by atoms with E-state index in [0.717, 1.165) is 0 Å². The summed E-state index contributed by atoms with van der Waals surface area (Å²) in [6, 6.07) is 7.85. The second-order valence-corrected chi connectivity index (χ2v) is 9.41.